The molecule has 1 aliphatic heterocycles. The molecule has 0 aliphatic carbocycles. The third-order valence-corrected chi connectivity index (χ3v) is 6.03. The fourth-order valence-corrected chi connectivity index (χ4v) is 4.23. The highest BCUT2D eigenvalue weighted by Gasteiger charge is 2.20. The van der Waals surface area contributed by atoms with Gasteiger partial charge in [0.25, 0.3) is 0 Å². The zero-order valence-electron chi connectivity index (χ0n) is 17.7. The van der Waals surface area contributed by atoms with E-state index in [4.69, 9.17) is 17.3 Å². The van der Waals surface area contributed by atoms with E-state index in [0.717, 1.165) is 19.6 Å². The third kappa shape index (κ3) is 4.34. The number of hydrogen-bond acceptors (Lipinski definition) is 6. The van der Waals surface area contributed by atoms with Crippen LogP contribution >= 0.6 is 11.6 Å². The smallest absolute Gasteiger partial charge is 0.225 e. The van der Waals surface area contributed by atoms with E-state index < -0.39 is 5.82 Å². The maximum Gasteiger partial charge on any atom is 0.225 e. The van der Waals surface area contributed by atoms with Gasteiger partial charge in [0.05, 0.1) is 21.8 Å². The molecule has 0 amide bonds. The van der Waals surface area contributed by atoms with Crippen molar-refractivity contribution in [1.82, 2.24) is 24.6 Å². The monoisotopic (exact) mass is 469 g/mol. The topological polar surface area (TPSA) is 84.9 Å². The van der Waals surface area contributed by atoms with Gasteiger partial charge in [0.15, 0.2) is 5.65 Å². The van der Waals surface area contributed by atoms with Crippen LogP contribution in [0.15, 0.2) is 42.5 Å². The third-order valence-electron chi connectivity index (χ3n) is 5.74. The van der Waals surface area contributed by atoms with Crippen LogP contribution in [0.1, 0.15) is 12.8 Å². The van der Waals surface area contributed by atoms with E-state index in [1.807, 2.05) is 0 Å². The molecule has 2 aromatic carbocycles. The first-order valence-electron chi connectivity index (χ1n) is 10.7. The van der Waals surface area contributed by atoms with Crippen LogP contribution in [-0.2, 0) is 0 Å². The molecule has 0 radical (unpaired) electrons. The number of nitrogens with two attached hydrogens (primary N) is 1. The summed E-state index contributed by atoms with van der Waals surface area (Å²) in [5.41, 5.74) is 8.46. The molecule has 2 aromatic heterocycles. The van der Waals surface area contributed by atoms with Crippen LogP contribution in [0.2, 0.25) is 5.02 Å². The quantitative estimate of drug-likeness (QED) is 0.432. The van der Waals surface area contributed by atoms with Crippen molar-refractivity contribution in [2.45, 2.75) is 12.8 Å². The molecule has 0 saturated carbocycles. The molecular formula is C23H22ClF2N7. The molecule has 3 heterocycles. The Morgan fingerprint density at radius 3 is 2.52 bits per heavy atom. The van der Waals surface area contributed by atoms with Crippen molar-refractivity contribution in [3.05, 3.63) is 59.1 Å². The Labute approximate surface area is 194 Å². The van der Waals surface area contributed by atoms with Gasteiger partial charge in [-0.3, -0.25) is 0 Å². The van der Waals surface area contributed by atoms with Crippen LogP contribution in [0.25, 0.3) is 28.0 Å². The first kappa shape index (κ1) is 21.5. The minimum Gasteiger partial charge on any atom is -0.383 e. The lowest BCUT2D eigenvalue weighted by Gasteiger charge is -2.15. The molecule has 3 N–H and O–H groups in total. The average Bonchev–Trinajstić information content (AvgIpc) is 3.44. The minimum absolute atomic E-state index is 0.0210. The molecule has 0 atom stereocenters. The second-order valence-electron chi connectivity index (χ2n) is 7.97. The van der Waals surface area contributed by atoms with Gasteiger partial charge >= 0.3 is 0 Å². The molecule has 10 heteroatoms. The number of fused-ring (bicyclic) bond motifs is 1. The maximum absolute atomic E-state index is 13.8. The first-order chi connectivity index (χ1) is 16.0. The molecule has 1 fully saturated rings. The highest BCUT2D eigenvalue weighted by Crippen LogP contribution is 2.34. The summed E-state index contributed by atoms with van der Waals surface area (Å²) >= 11 is 6.04. The molecule has 0 bridgehead atoms. The number of halogens is 3. The number of nitrogen functional groups attached to an aromatic ring is 1. The van der Waals surface area contributed by atoms with E-state index in [-0.39, 0.29) is 16.7 Å². The normalized spacial score (nSPS) is 14.3. The molecule has 7 nitrogen and oxygen atoms in total. The number of rotatable bonds is 6. The second-order valence-corrected chi connectivity index (χ2v) is 8.38. The number of nitrogens with one attached hydrogen (secondary N) is 1. The molecule has 0 spiro atoms. The summed E-state index contributed by atoms with van der Waals surface area (Å²) in [6, 6.07) is 10.2. The predicted molar refractivity (Wildman–Crippen MR) is 126 cm³/mol. The molecule has 170 valence electrons. The van der Waals surface area contributed by atoms with Crippen molar-refractivity contribution >= 4 is 34.4 Å². The molecule has 4 aromatic rings. The molecule has 33 heavy (non-hydrogen) atoms. The Morgan fingerprint density at radius 1 is 1.03 bits per heavy atom. The Balaban J connectivity index is 1.58. The number of anilines is 2. The Morgan fingerprint density at radius 2 is 1.79 bits per heavy atom. The molecule has 5 rings (SSSR count). The van der Waals surface area contributed by atoms with E-state index in [1.165, 1.54) is 41.8 Å². The van der Waals surface area contributed by atoms with Crippen molar-refractivity contribution in [3.63, 3.8) is 0 Å². The standard InChI is InChI=1S/C23H22ClF2N7/c24-17-13-14(3-8-18(17)26)20-19-21(27)33(16-6-4-15(25)5-7-16)31-22(19)30-23(29-20)28-9-12-32-10-1-2-11-32/h3-8,13H,1-2,9-12,27H2,(H,28,30,31). The SMILES string of the molecule is Nc1c2c(-c3ccc(F)c(Cl)c3)nc(NCCN3CCCC3)nc2nn1-c1ccc(F)cc1. The summed E-state index contributed by atoms with van der Waals surface area (Å²) in [7, 11) is 0. The second kappa shape index (κ2) is 8.92. The largest absolute Gasteiger partial charge is 0.383 e. The number of benzene rings is 2. The summed E-state index contributed by atoms with van der Waals surface area (Å²) < 4.78 is 28.7. The zero-order chi connectivity index (χ0) is 22.9. The van der Waals surface area contributed by atoms with Crippen LogP contribution in [0.3, 0.4) is 0 Å². The van der Waals surface area contributed by atoms with Gasteiger partial charge in [-0.15, -0.1) is 5.10 Å². The van der Waals surface area contributed by atoms with Gasteiger partial charge in [-0.1, -0.05) is 11.6 Å². The molecule has 1 aliphatic rings. The Kier molecular flexibility index (Phi) is 5.82. The lowest BCUT2D eigenvalue weighted by Crippen LogP contribution is -2.26. The number of aromatic nitrogens is 4. The van der Waals surface area contributed by atoms with E-state index in [9.17, 15) is 8.78 Å². The fraction of sp³-hybridized carbons (Fsp3) is 0.261. The van der Waals surface area contributed by atoms with Crippen LogP contribution < -0.4 is 11.1 Å². The first-order valence-corrected chi connectivity index (χ1v) is 11.1. The van der Waals surface area contributed by atoms with Gasteiger partial charge in [0.2, 0.25) is 5.95 Å². The van der Waals surface area contributed by atoms with Gasteiger partial charge in [-0.25, -0.2) is 18.4 Å². The molecule has 1 saturated heterocycles. The van der Waals surface area contributed by atoms with Gasteiger partial charge in [-0.05, 0) is 68.4 Å². The van der Waals surface area contributed by atoms with E-state index in [0.29, 0.717) is 40.5 Å². The summed E-state index contributed by atoms with van der Waals surface area (Å²) in [6.45, 7) is 3.74. The van der Waals surface area contributed by atoms with Crippen molar-refractivity contribution in [2.24, 2.45) is 0 Å². The van der Waals surface area contributed by atoms with Crippen molar-refractivity contribution in [2.75, 3.05) is 37.2 Å². The average molecular weight is 470 g/mol. The minimum atomic E-state index is -0.523. The lowest BCUT2D eigenvalue weighted by atomic mass is 10.1. The van der Waals surface area contributed by atoms with E-state index in [2.05, 4.69) is 25.3 Å². The van der Waals surface area contributed by atoms with Crippen molar-refractivity contribution < 1.29 is 8.78 Å². The fourth-order valence-electron chi connectivity index (χ4n) is 4.05. The maximum atomic E-state index is 13.8. The number of nitrogens with zero attached hydrogens (tertiary/aromatic N) is 5. The highest BCUT2D eigenvalue weighted by molar-refractivity contribution is 6.31. The Hall–Kier alpha value is -3.30. The van der Waals surface area contributed by atoms with Crippen LogP contribution in [0.5, 0.6) is 0 Å². The van der Waals surface area contributed by atoms with Gasteiger partial charge in [0.1, 0.15) is 17.5 Å². The van der Waals surface area contributed by atoms with Gasteiger partial charge < -0.3 is 16.0 Å². The summed E-state index contributed by atoms with van der Waals surface area (Å²) in [4.78, 5) is 11.6. The van der Waals surface area contributed by atoms with Crippen LogP contribution in [0, 0.1) is 11.6 Å². The van der Waals surface area contributed by atoms with Crippen LogP contribution in [-0.4, -0.2) is 50.8 Å². The predicted octanol–water partition coefficient (Wildman–Crippen LogP) is 4.50. The number of hydrogen-bond donors (Lipinski definition) is 2. The van der Waals surface area contributed by atoms with Crippen molar-refractivity contribution in [1.29, 1.82) is 0 Å². The van der Waals surface area contributed by atoms with E-state index in [1.54, 1.807) is 18.2 Å². The van der Waals surface area contributed by atoms with Gasteiger partial charge in [-0.2, -0.15) is 4.98 Å². The van der Waals surface area contributed by atoms with Gasteiger partial charge in [0, 0.05) is 18.7 Å². The van der Waals surface area contributed by atoms with Crippen LogP contribution in [0.4, 0.5) is 20.5 Å². The summed E-state index contributed by atoms with van der Waals surface area (Å²) in [5.74, 6) is -0.207. The summed E-state index contributed by atoms with van der Waals surface area (Å²) in [5, 5.41) is 8.30. The zero-order valence-corrected chi connectivity index (χ0v) is 18.5. The highest BCUT2D eigenvalue weighted by atomic mass is 35.5. The van der Waals surface area contributed by atoms with E-state index >= 15 is 0 Å². The lowest BCUT2D eigenvalue weighted by molar-refractivity contribution is 0.352. The number of likely N-dealkylation sites (tertiary alicyclic amines) is 1. The van der Waals surface area contributed by atoms with Crippen molar-refractivity contribution in [3.8, 4) is 16.9 Å². The molecular weight excluding hydrogens is 448 g/mol. The Bertz CT molecular complexity index is 1300. The molecule has 0 unspecified atom stereocenters. The summed E-state index contributed by atoms with van der Waals surface area (Å²) in [6.07, 6.45) is 2.44.